The van der Waals surface area contributed by atoms with Crippen molar-refractivity contribution in [2.45, 2.75) is 6.42 Å². The summed E-state index contributed by atoms with van der Waals surface area (Å²) in [5.74, 6) is 0.0434. The van der Waals surface area contributed by atoms with Gasteiger partial charge in [0.25, 0.3) is 0 Å². The molecule has 1 aromatic rings. The highest BCUT2D eigenvalue weighted by atomic mass is 35.5. The molecular formula is C16H20ClN3O. The van der Waals surface area contributed by atoms with E-state index in [0.29, 0.717) is 12.2 Å². The number of alkyl halides is 1. The molecule has 0 radical (unpaired) electrons. The van der Waals surface area contributed by atoms with Crippen LogP contribution in [0.2, 0.25) is 0 Å². The standard InChI is InChI=1S/C16H20ClN3O/c1-19-11-15(18)14-4-2-12(3-5-14)13-6-8-20(9-7-13)16(21)10-17/h2-6,11,19H,7-10,18H2,1H3/b15-11-. The van der Waals surface area contributed by atoms with Gasteiger partial charge in [0.15, 0.2) is 0 Å². The number of carbonyl (C=O) groups is 1. The molecule has 21 heavy (non-hydrogen) atoms. The molecule has 0 bridgehead atoms. The first-order valence-electron chi connectivity index (χ1n) is 6.92. The van der Waals surface area contributed by atoms with Crippen LogP contribution in [0.15, 0.2) is 36.5 Å². The van der Waals surface area contributed by atoms with E-state index in [0.717, 1.165) is 18.5 Å². The van der Waals surface area contributed by atoms with Crippen LogP contribution in [-0.2, 0) is 4.79 Å². The smallest absolute Gasteiger partial charge is 0.237 e. The molecule has 0 atom stereocenters. The number of benzene rings is 1. The summed E-state index contributed by atoms with van der Waals surface area (Å²) in [6.07, 6.45) is 4.71. The second-order valence-electron chi connectivity index (χ2n) is 4.92. The lowest BCUT2D eigenvalue weighted by molar-refractivity contribution is -0.128. The van der Waals surface area contributed by atoms with Crippen LogP contribution in [0.4, 0.5) is 0 Å². The van der Waals surface area contributed by atoms with Crippen LogP contribution in [0, 0.1) is 0 Å². The molecule has 0 fully saturated rings. The van der Waals surface area contributed by atoms with Crippen LogP contribution >= 0.6 is 11.6 Å². The summed E-state index contributed by atoms with van der Waals surface area (Å²) in [6.45, 7) is 1.35. The summed E-state index contributed by atoms with van der Waals surface area (Å²) in [5, 5.41) is 2.92. The van der Waals surface area contributed by atoms with E-state index in [9.17, 15) is 4.79 Å². The van der Waals surface area contributed by atoms with Gasteiger partial charge in [-0.1, -0.05) is 30.3 Å². The van der Waals surface area contributed by atoms with Gasteiger partial charge in [-0.3, -0.25) is 4.79 Å². The van der Waals surface area contributed by atoms with Gasteiger partial charge in [0, 0.05) is 26.3 Å². The average Bonchev–Trinajstić information content (AvgIpc) is 2.54. The van der Waals surface area contributed by atoms with Crippen molar-refractivity contribution in [1.82, 2.24) is 10.2 Å². The lowest BCUT2D eigenvalue weighted by Crippen LogP contribution is -2.35. The fourth-order valence-corrected chi connectivity index (χ4v) is 2.53. The topological polar surface area (TPSA) is 58.4 Å². The number of nitrogens with one attached hydrogen (secondary N) is 1. The summed E-state index contributed by atoms with van der Waals surface area (Å²) in [6, 6.07) is 8.15. The number of carbonyl (C=O) groups excluding carboxylic acids is 1. The van der Waals surface area contributed by atoms with E-state index >= 15 is 0 Å². The lowest BCUT2D eigenvalue weighted by atomic mass is 9.98. The molecule has 0 spiro atoms. The minimum atomic E-state index is -0.00714. The number of halogens is 1. The number of amides is 1. The van der Waals surface area contributed by atoms with Gasteiger partial charge < -0.3 is 16.0 Å². The summed E-state index contributed by atoms with van der Waals surface area (Å²) < 4.78 is 0. The van der Waals surface area contributed by atoms with Crippen molar-refractivity contribution in [3.05, 3.63) is 47.7 Å². The normalized spacial score (nSPS) is 15.6. The van der Waals surface area contributed by atoms with Crippen LogP contribution in [0.25, 0.3) is 11.3 Å². The van der Waals surface area contributed by atoms with Crippen molar-refractivity contribution < 1.29 is 4.79 Å². The molecule has 0 aliphatic carbocycles. The number of hydrogen-bond acceptors (Lipinski definition) is 3. The van der Waals surface area contributed by atoms with E-state index in [1.54, 1.807) is 11.1 Å². The van der Waals surface area contributed by atoms with Crippen LogP contribution in [-0.4, -0.2) is 36.8 Å². The summed E-state index contributed by atoms with van der Waals surface area (Å²) in [7, 11) is 1.82. The number of nitrogens with two attached hydrogens (primary N) is 1. The van der Waals surface area contributed by atoms with Crippen molar-refractivity contribution in [1.29, 1.82) is 0 Å². The molecule has 112 valence electrons. The molecule has 1 aliphatic rings. The van der Waals surface area contributed by atoms with Gasteiger partial charge in [-0.2, -0.15) is 0 Å². The minimum Gasteiger partial charge on any atom is -0.397 e. The Balaban J connectivity index is 2.08. The van der Waals surface area contributed by atoms with Gasteiger partial charge in [-0.25, -0.2) is 0 Å². The second-order valence-corrected chi connectivity index (χ2v) is 5.19. The number of nitrogens with zero attached hydrogens (tertiary/aromatic N) is 1. The highest BCUT2D eigenvalue weighted by Gasteiger charge is 2.16. The first kappa shape index (κ1) is 15.4. The van der Waals surface area contributed by atoms with Crippen molar-refractivity contribution in [3.8, 4) is 0 Å². The van der Waals surface area contributed by atoms with Crippen LogP contribution < -0.4 is 11.1 Å². The van der Waals surface area contributed by atoms with Gasteiger partial charge >= 0.3 is 0 Å². The summed E-state index contributed by atoms with van der Waals surface area (Å²) in [5.41, 5.74) is 10.1. The van der Waals surface area contributed by atoms with Gasteiger partial charge in [-0.15, -0.1) is 11.6 Å². The molecule has 1 aliphatic heterocycles. The zero-order chi connectivity index (χ0) is 15.2. The maximum Gasteiger partial charge on any atom is 0.237 e. The van der Waals surface area contributed by atoms with Crippen molar-refractivity contribution in [2.75, 3.05) is 26.0 Å². The zero-order valence-corrected chi connectivity index (χ0v) is 12.9. The maximum absolute atomic E-state index is 11.5. The lowest BCUT2D eigenvalue weighted by Gasteiger charge is -2.26. The monoisotopic (exact) mass is 305 g/mol. The predicted molar refractivity (Wildman–Crippen MR) is 87.6 cm³/mol. The third-order valence-electron chi connectivity index (χ3n) is 3.57. The fraction of sp³-hybridized carbons (Fsp3) is 0.312. The Hall–Kier alpha value is -1.94. The van der Waals surface area contributed by atoms with E-state index in [1.165, 1.54) is 11.1 Å². The van der Waals surface area contributed by atoms with Gasteiger partial charge in [0.1, 0.15) is 5.88 Å². The first-order valence-corrected chi connectivity index (χ1v) is 7.45. The molecule has 0 saturated carbocycles. The van der Waals surface area contributed by atoms with E-state index in [1.807, 2.05) is 19.2 Å². The van der Waals surface area contributed by atoms with E-state index in [4.69, 9.17) is 17.3 Å². The van der Waals surface area contributed by atoms with Crippen LogP contribution in [0.1, 0.15) is 17.5 Å². The predicted octanol–water partition coefficient (Wildman–Crippen LogP) is 2.02. The quantitative estimate of drug-likeness (QED) is 0.837. The number of rotatable bonds is 4. The Morgan fingerprint density at radius 2 is 2.14 bits per heavy atom. The van der Waals surface area contributed by atoms with Gasteiger partial charge in [-0.05, 0) is 23.1 Å². The SMILES string of the molecule is CN/C=C(\N)c1ccc(C2=CCN(C(=O)CCl)CC2)cc1. The third-order valence-corrected chi connectivity index (χ3v) is 3.79. The van der Waals surface area contributed by atoms with Crippen molar-refractivity contribution in [2.24, 2.45) is 5.73 Å². The molecule has 5 heteroatoms. The number of hydrogen-bond donors (Lipinski definition) is 2. The largest absolute Gasteiger partial charge is 0.397 e. The van der Waals surface area contributed by atoms with Crippen molar-refractivity contribution >= 4 is 28.8 Å². The highest BCUT2D eigenvalue weighted by Crippen LogP contribution is 2.23. The van der Waals surface area contributed by atoms with Crippen LogP contribution in [0.5, 0.6) is 0 Å². The molecular weight excluding hydrogens is 286 g/mol. The molecule has 0 saturated heterocycles. The van der Waals surface area contributed by atoms with E-state index < -0.39 is 0 Å². The highest BCUT2D eigenvalue weighted by molar-refractivity contribution is 6.27. The fourth-order valence-electron chi connectivity index (χ4n) is 2.36. The summed E-state index contributed by atoms with van der Waals surface area (Å²) in [4.78, 5) is 13.3. The molecule has 4 nitrogen and oxygen atoms in total. The molecule has 1 aromatic carbocycles. The molecule has 3 N–H and O–H groups in total. The molecule has 0 unspecified atom stereocenters. The van der Waals surface area contributed by atoms with E-state index in [2.05, 4.69) is 23.5 Å². The van der Waals surface area contributed by atoms with E-state index in [-0.39, 0.29) is 11.8 Å². The summed E-state index contributed by atoms with van der Waals surface area (Å²) >= 11 is 5.58. The Labute approximate surface area is 130 Å². The Bertz CT molecular complexity index is 563. The third kappa shape index (κ3) is 3.79. The Kier molecular flexibility index (Phi) is 5.28. The zero-order valence-electron chi connectivity index (χ0n) is 12.1. The average molecular weight is 306 g/mol. The van der Waals surface area contributed by atoms with Gasteiger partial charge in [0.05, 0.1) is 5.70 Å². The Morgan fingerprint density at radius 1 is 1.43 bits per heavy atom. The van der Waals surface area contributed by atoms with Crippen LogP contribution in [0.3, 0.4) is 0 Å². The van der Waals surface area contributed by atoms with Crippen molar-refractivity contribution in [3.63, 3.8) is 0 Å². The minimum absolute atomic E-state index is 0.00714. The molecule has 1 heterocycles. The second kappa shape index (κ2) is 7.18. The molecule has 1 amide bonds. The van der Waals surface area contributed by atoms with Gasteiger partial charge in [0.2, 0.25) is 5.91 Å². The Morgan fingerprint density at radius 3 is 2.67 bits per heavy atom. The molecule has 2 rings (SSSR count). The molecule has 0 aromatic heterocycles. The maximum atomic E-state index is 11.5. The first-order chi connectivity index (χ1) is 10.2.